The van der Waals surface area contributed by atoms with Crippen molar-refractivity contribution >= 4 is 0 Å². The molecule has 0 spiro atoms. The van der Waals surface area contributed by atoms with Crippen molar-refractivity contribution in [2.75, 3.05) is 0 Å². The molecule has 1 nitrogen and oxygen atoms in total. The van der Waals surface area contributed by atoms with Crippen LogP contribution in [0.25, 0.3) is 0 Å². The van der Waals surface area contributed by atoms with E-state index in [4.69, 9.17) is 0 Å². The van der Waals surface area contributed by atoms with Crippen LogP contribution in [0.4, 0.5) is 17.6 Å². The molecule has 1 aromatic rings. The van der Waals surface area contributed by atoms with Crippen LogP contribution in [0.5, 0.6) is 5.75 Å². The third-order valence-corrected chi connectivity index (χ3v) is 9.79. The van der Waals surface area contributed by atoms with Gasteiger partial charge in [0.2, 0.25) is 0 Å². The smallest absolute Gasteiger partial charge is 0.403 e. The first-order chi connectivity index (χ1) is 17.3. The van der Waals surface area contributed by atoms with Crippen LogP contribution in [-0.4, -0.2) is 6.36 Å². The van der Waals surface area contributed by atoms with Crippen LogP contribution in [0.15, 0.2) is 18.2 Å². The van der Waals surface area contributed by atoms with E-state index in [-0.39, 0.29) is 5.92 Å². The van der Waals surface area contributed by atoms with Crippen LogP contribution >= 0.6 is 0 Å². The minimum atomic E-state index is -4.87. The molecule has 0 saturated heterocycles. The Morgan fingerprint density at radius 1 is 0.750 bits per heavy atom. The van der Waals surface area contributed by atoms with Crippen molar-refractivity contribution < 1.29 is 22.3 Å². The van der Waals surface area contributed by atoms with Crippen molar-refractivity contribution in [3.63, 3.8) is 0 Å². The Labute approximate surface area is 215 Å². The van der Waals surface area contributed by atoms with E-state index in [1.165, 1.54) is 96.0 Å². The molecular formula is C31H46F4O. The van der Waals surface area contributed by atoms with Gasteiger partial charge < -0.3 is 4.74 Å². The number of ether oxygens (including phenoxy) is 1. The van der Waals surface area contributed by atoms with Crippen LogP contribution < -0.4 is 4.74 Å². The predicted molar refractivity (Wildman–Crippen MR) is 137 cm³/mol. The molecule has 0 bridgehead atoms. The normalized spacial score (nSPS) is 31.1. The quantitative estimate of drug-likeness (QED) is 0.225. The van der Waals surface area contributed by atoms with E-state index in [9.17, 15) is 17.6 Å². The van der Waals surface area contributed by atoms with Gasteiger partial charge in [-0.25, -0.2) is 4.39 Å². The number of halogens is 4. The number of alkyl halides is 3. The van der Waals surface area contributed by atoms with Crippen LogP contribution in [0.3, 0.4) is 0 Å². The summed E-state index contributed by atoms with van der Waals surface area (Å²) in [5, 5.41) is 0. The molecule has 4 atom stereocenters. The molecule has 5 heteroatoms. The minimum absolute atomic E-state index is 0.245. The molecule has 1 aromatic carbocycles. The Morgan fingerprint density at radius 3 is 2.08 bits per heavy atom. The van der Waals surface area contributed by atoms with E-state index in [2.05, 4.69) is 11.7 Å². The Hall–Kier alpha value is -1.26. The molecule has 3 aliphatic rings. The molecule has 3 fully saturated rings. The SMILES string of the molecule is CCCCCCC1CCC(CCC2CCC3CC(c4ccc(OC(F)(F)F)c(F)c4)CCC3C2)CC1. The zero-order valence-corrected chi connectivity index (χ0v) is 22.1. The molecule has 4 rings (SSSR count). The fourth-order valence-corrected chi connectivity index (χ4v) is 7.67. The first-order valence-electron chi connectivity index (χ1n) is 14.9. The summed E-state index contributed by atoms with van der Waals surface area (Å²) in [6.07, 6.45) is 17.9. The lowest BCUT2D eigenvalue weighted by Crippen LogP contribution is -2.30. The average molecular weight is 511 g/mol. The van der Waals surface area contributed by atoms with Crippen molar-refractivity contribution in [1.29, 1.82) is 0 Å². The number of hydrogen-bond donors (Lipinski definition) is 0. The highest BCUT2D eigenvalue weighted by molar-refractivity contribution is 5.32. The summed E-state index contributed by atoms with van der Waals surface area (Å²) in [5.41, 5.74) is 0.823. The third kappa shape index (κ3) is 8.12. The second kappa shape index (κ2) is 13.0. The molecule has 0 amide bonds. The number of rotatable bonds is 10. The van der Waals surface area contributed by atoms with Gasteiger partial charge in [-0.05, 0) is 85.3 Å². The minimum Gasteiger partial charge on any atom is -0.403 e. The summed E-state index contributed by atoms with van der Waals surface area (Å²) in [6, 6.07) is 4.03. The highest BCUT2D eigenvalue weighted by Crippen LogP contribution is 2.49. The molecule has 0 aliphatic heterocycles. The highest BCUT2D eigenvalue weighted by Gasteiger charge is 2.37. The van der Waals surface area contributed by atoms with Crippen LogP contribution in [0, 0.1) is 35.4 Å². The van der Waals surface area contributed by atoms with E-state index >= 15 is 0 Å². The summed E-state index contributed by atoms with van der Waals surface area (Å²) in [4.78, 5) is 0. The van der Waals surface area contributed by atoms with Gasteiger partial charge in [-0.15, -0.1) is 13.2 Å². The summed E-state index contributed by atoms with van der Waals surface area (Å²) < 4.78 is 55.4. The predicted octanol–water partition coefficient (Wildman–Crippen LogP) is 10.6. The van der Waals surface area contributed by atoms with Crippen molar-refractivity contribution in [2.24, 2.45) is 29.6 Å². The largest absolute Gasteiger partial charge is 0.573 e. The molecule has 204 valence electrons. The van der Waals surface area contributed by atoms with Gasteiger partial charge >= 0.3 is 6.36 Å². The van der Waals surface area contributed by atoms with Gasteiger partial charge in [0.15, 0.2) is 11.6 Å². The van der Waals surface area contributed by atoms with Gasteiger partial charge in [-0.3, -0.25) is 0 Å². The molecule has 3 aliphatic carbocycles. The lowest BCUT2D eigenvalue weighted by atomic mass is 9.63. The highest BCUT2D eigenvalue weighted by atomic mass is 19.4. The van der Waals surface area contributed by atoms with Crippen LogP contribution in [-0.2, 0) is 0 Å². The molecule has 0 aromatic heterocycles. The van der Waals surface area contributed by atoms with Gasteiger partial charge in [0.25, 0.3) is 0 Å². The van der Waals surface area contributed by atoms with E-state index in [0.717, 1.165) is 54.6 Å². The first kappa shape index (κ1) is 27.8. The molecule has 36 heavy (non-hydrogen) atoms. The van der Waals surface area contributed by atoms with Gasteiger partial charge in [0, 0.05) is 0 Å². The molecule has 4 unspecified atom stereocenters. The fraction of sp³-hybridized carbons (Fsp3) is 0.806. The number of hydrogen-bond acceptors (Lipinski definition) is 1. The summed E-state index contributed by atoms with van der Waals surface area (Å²) in [6.45, 7) is 2.29. The van der Waals surface area contributed by atoms with Gasteiger partial charge in [0.05, 0.1) is 0 Å². The molecule has 3 saturated carbocycles. The first-order valence-corrected chi connectivity index (χ1v) is 14.9. The third-order valence-electron chi connectivity index (χ3n) is 9.79. The van der Waals surface area contributed by atoms with E-state index in [0.29, 0.717) is 5.92 Å². The monoisotopic (exact) mass is 510 g/mol. The maximum atomic E-state index is 14.2. The molecular weight excluding hydrogens is 464 g/mol. The maximum Gasteiger partial charge on any atom is 0.573 e. The second-order valence-electron chi connectivity index (χ2n) is 12.3. The lowest BCUT2D eigenvalue weighted by Gasteiger charge is -2.43. The molecule has 0 N–H and O–H groups in total. The fourth-order valence-electron chi connectivity index (χ4n) is 7.67. The number of benzene rings is 1. The summed E-state index contributed by atoms with van der Waals surface area (Å²) in [5.74, 6) is 2.85. The zero-order valence-electron chi connectivity index (χ0n) is 22.1. The Kier molecular flexibility index (Phi) is 10.0. The van der Waals surface area contributed by atoms with Crippen LogP contribution in [0.2, 0.25) is 0 Å². The number of fused-ring (bicyclic) bond motifs is 1. The zero-order chi connectivity index (χ0) is 25.5. The standard InChI is InChI=1S/C31H46F4O/c1-2-3-4-5-6-22-7-9-23(10-8-22)11-12-24-13-14-26-20-27(16-15-25(26)19-24)28-17-18-30(29(32)21-28)36-31(33,34)35/h17-18,21-27H,2-16,19-20H2,1H3. The van der Waals surface area contributed by atoms with Crippen molar-refractivity contribution in [3.05, 3.63) is 29.6 Å². The second-order valence-corrected chi connectivity index (χ2v) is 12.3. The van der Waals surface area contributed by atoms with Crippen LogP contribution in [0.1, 0.15) is 128 Å². The molecule has 0 heterocycles. The lowest BCUT2D eigenvalue weighted by molar-refractivity contribution is -0.275. The Bertz CT molecular complexity index is 798. The van der Waals surface area contributed by atoms with Gasteiger partial charge in [0.1, 0.15) is 0 Å². The van der Waals surface area contributed by atoms with Gasteiger partial charge in [-0.1, -0.05) is 90.0 Å². The summed E-state index contributed by atoms with van der Waals surface area (Å²) >= 11 is 0. The Morgan fingerprint density at radius 2 is 1.39 bits per heavy atom. The molecule has 0 radical (unpaired) electrons. The topological polar surface area (TPSA) is 9.23 Å². The Balaban J connectivity index is 1.17. The van der Waals surface area contributed by atoms with Crippen molar-refractivity contribution in [2.45, 2.75) is 128 Å². The van der Waals surface area contributed by atoms with Gasteiger partial charge in [-0.2, -0.15) is 0 Å². The summed E-state index contributed by atoms with van der Waals surface area (Å²) in [7, 11) is 0. The van der Waals surface area contributed by atoms with Crippen molar-refractivity contribution in [1.82, 2.24) is 0 Å². The van der Waals surface area contributed by atoms with Crippen molar-refractivity contribution in [3.8, 4) is 5.75 Å². The van der Waals surface area contributed by atoms with E-state index < -0.39 is 17.9 Å². The average Bonchev–Trinajstić information content (AvgIpc) is 2.86. The maximum absolute atomic E-state index is 14.2. The van der Waals surface area contributed by atoms with E-state index in [1.54, 1.807) is 6.07 Å². The number of unbranched alkanes of at least 4 members (excludes halogenated alkanes) is 3. The van der Waals surface area contributed by atoms with E-state index in [1.807, 2.05) is 0 Å².